The van der Waals surface area contributed by atoms with Gasteiger partial charge in [-0.15, -0.1) is 24.8 Å². The molecule has 1 heterocycles. The molecule has 1 saturated heterocycles. The lowest BCUT2D eigenvalue weighted by Crippen LogP contribution is -2.33. The third-order valence-corrected chi connectivity index (χ3v) is 1.09. The first-order valence-electron chi connectivity index (χ1n) is 2.62. The summed E-state index contributed by atoms with van der Waals surface area (Å²) in [6.07, 6.45) is 1.72. The zero-order valence-corrected chi connectivity index (χ0v) is 6.89. The zero-order chi connectivity index (χ0) is 5.98. The van der Waals surface area contributed by atoms with E-state index in [1.54, 1.807) is 0 Å². The molecule has 0 bridgehead atoms. The molecule has 1 N–H and O–H groups in total. The van der Waals surface area contributed by atoms with Gasteiger partial charge in [0, 0.05) is 12.8 Å². The van der Waals surface area contributed by atoms with Crippen LogP contribution in [0.3, 0.4) is 0 Å². The highest BCUT2D eigenvalue weighted by molar-refractivity contribution is 5.97. The molecule has 0 aromatic heterocycles. The van der Waals surface area contributed by atoms with E-state index in [0.717, 1.165) is 0 Å². The van der Waals surface area contributed by atoms with Gasteiger partial charge in [-0.2, -0.15) is 0 Å². The second kappa shape index (κ2) is 5.50. The van der Waals surface area contributed by atoms with Crippen LogP contribution in [0.2, 0.25) is 0 Å². The number of hydrogen-bond acceptors (Lipinski definition) is 2. The summed E-state index contributed by atoms with van der Waals surface area (Å²) in [6.45, 7) is 0. The highest BCUT2D eigenvalue weighted by Crippen LogP contribution is 2.00. The maximum atomic E-state index is 10.3. The number of piperidine rings is 1. The molecule has 0 aliphatic carbocycles. The van der Waals surface area contributed by atoms with Gasteiger partial charge in [-0.25, -0.2) is 0 Å². The normalized spacial score (nSPS) is 16.4. The summed E-state index contributed by atoms with van der Waals surface area (Å²) >= 11 is 0. The standard InChI is InChI=1S/C5H7NO2.2ClH/c7-4-2-1-3-5(8)6-4;;/h1-3H2,(H,6,7,8);2*1H. The van der Waals surface area contributed by atoms with Crippen molar-refractivity contribution in [1.82, 2.24) is 5.32 Å². The predicted molar refractivity (Wildman–Crippen MR) is 41.5 cm³/mol. The van der Waals surface area contributed by atoms with Gasteiger partial charge in [0.05, 0.1) is 0 Å². The number of hydrogen-bond donors (Lipinski definition) is 1. The molecule has 1 fully saturated rings. The van der Waals surface area contributed by atoms with Crippen LogP contribution in [0, 0.1) is 0 Å². The van der Waals surface area contributed by atoms with E-state index in [0.29, 0.717) is 19.3 Å². The summed E-state index contributed by atoms with van der Waals surface area (Å²) in [4.78, 5) is 20.7. The van der Waals surface area contributed by atoms with Crippen molar-refractivity contribution in [1.29, 1.82) is 0 Å². The SMILES string of the molecule is Cl.Cl.O=C1CCCC(=O)N1. The average molecular weight is 186 g/mol. The second-order valence-electron chi connectivity index (χ2n) is 1.82. The molecule has 60 valence electrons. The van der Waals surface area contributed by atoms with E-state index in [1.165, 1.54) is 0 Å². The molecule has 0 saturated carbocycles. The lowest BCUT2D eigenvalue weighted by molar-refractivity contribution is -0.132. The Bertz CT molecular complexity index is 124. The number of nitrogens with one attached hydrogen (secondary N) is 1. The van der Waals surface area contributed by atoms with Gasteiger partial charge in [-0.05, 0) is 6.42 Å². The first-order chi connectivity index (χ1) is 3.79. The van der Waals surface area contributed by atoms with Crippen LogP contribution in [0.4, 0.5) is 0 Å². The molecule has 3 nitrogen and oxygen atoms in total. The van der Waals surface area contributed by atoms with E-state index in [-0.39, 0.29) is 36.6 Å². The molecule has 0 atom stereocenters. The Labute approximate surface area is 71.4 Å². The molecule has 0 radical (unpaired) electrons. The molecule has 1 aliphatic rings. The summed E-state index contributed by atoms with van der Waals surface area (Å²) in [5.74, 6) is -0.275. The van der Waals surface area contributed by atoms with E-state index >= 15 is 0 Å². The van der Waals surface area contributed by atoms with Gasteiger partial charge in [0.15, 0.2) is 0 Å². The number of carbonyl (C=O) groups is 2. The number of rotatable bonds is 0. The van der Waals surface area contributed by atoms with Gasteiger partial charge in [-0.3, -0.25) is 14.9 Å². The molecular formula is C5H9Cl2NO2. The van der Waals surface area contributed by atoms with Crippen LogP contribution in [0.25, 0.3) is 0 Å². The maximum Gasteiger partial charge on any atom is 0.226 e. The molecule has 1 rings (SSSR count). The highest BCUT2D eigenvalue weighted by atomic mass is 35.5. The Hall–Kier alpha value is -0.280. The summed E-state index contributed by atoms with van der Waals surface area (Å²) in [7, 11) is 0. The van der Waals surface area contributed by atoms with Crippen molar-refractivity contribution in [2.75, 3.05) is 0 Å². The summed E-state index contributed by atoms with van der Waals surface area (Å²) in [6, 6.07) is 0. The minimum atomic E-state index is -0.138. The van der Waals surface area contributed by atoms with Crippen molar-refractivity contribution in [3.8, 4) is 0 Å². The predicted octanol–water partition coefficient (Wildman–Crippen LogP) is 0.657. The summed E-state index contributed by atoms with van der Waals surface area (Å²) in [5, 5.41) is 2.20. The largest absolute Gasteiger partial charge is 0.296 e. The van der Waals surface area contributed by atoms with Gasteiger partial charge in [0.2, 0.25) is 11.8 Å². The van der Waals surface area contributed by atoms with Gasteiger partial charge in [-0.1, -0.05) is 0 Å². The monoisotopic (exact) mass is 185 g/mol. The molecule has 0 unspecified atom stereocenters. The fraction of sp³-hybridized carbons (Fsp3) is 0.600. The van der Waals surface area contributed by atoms with Crippen molar-refractivity contribution in [2.45, 2.75) is 19.3 Å². The average Bonchev–Trinajstić information content (AvgIpc) is 1.64. The topological polar surface area (TPSA) is 46.2 Å². The lowest BCUT2D eigenvalue weighted by Gasteiger charge is -2.07. The van der Waals surface area contributed by atoms with Crippen molar-refractivity contribution < 1.29 is 9.59 Å². The molecule has 10 heavy (non-hydrogen) atoms. The van der Waals surface area contributed by atoms with Crippen molar-refractivity contribution in [3.63, 3.8) is 0 Å². The van der Waals surface area contributed by atoms with Crippen LogP contribution in [-0.4, -0.2) is 11.8 Å². The maximum absolute atomic E-state index is 10.3. The van der Waals surface area contributed by atoms with Crippen LogP contribution in [0.5, 0.6) is 0 Å². The van der Waals surface area contributed by atoms with E-state index in [9.17, 15) is 9.59 Å². The molecule has 5 heteroatoms. The zero-order valence-electron chi connectivity index (χ0n) is 5.25. The minimum Gasteiger partial charge on any atom is -0.296 e. The van der Waals surface area contributed by atoms with Crippen LogP contribution in [-0.2, 0) is 9.59 Å². The highest BCUT2D eigenvalue weighted by Gasteiger charge is 2.12. The van der Waals surface area contributed by atoms with Gasteiger partial charge in [0.25, 0.3) is 0 Å². The smallest absolute Gasteiger partial charge is 0.226 e. The van der Waals surface area contributed by atoms with E-state index in [1.807, 2.05) is 0 Å². The summed E-state index contributed by atoms with van der Waals surface area (Å²) < 4.78 is 0. The Kier molecular flexibility index (Phi) is 6.82. The fourth-order valence-electron chi connectivity index (χ4n) is 0.690. The lowest BCUT2D eigenvalue weighted by atomic mass is 10.1. The van der Waals surface area contributed by atoms with Gasteiger partial charge >= 0.3 is 0 Å². The van der Waals surface area contributed by atoms with Crippen molar-refractivity contribution in [2.24, 2.45) is 0 Å². The first-order valence-corrected chi connectivity index (χ1v) is 2.62. The number of halogens is 2. The summed E-state index contributed by atoms with van der Waals surface area (Å²) in [5.41, 5.74) is 0. The Morgan fingerprint density at radius 1 is 1.00 bits per heavy atom. The quantitative estimate of drug-likeness (QED) is 0.564. The van der Waals surface area contributed by atoms with Gasteiger partial charge < -0.3 is 0 Å². The van der Waals surface area contributed by atoms with Crippen LogP contribution in [0.15, 0.2) is 0 Å². The number of carbonyl (C=O) groups excluding carboxylic acids is 2. The minimum absolute atomic E-state index is 0. The molecule has 0 aromatic carbocycles. The first kappa shape index (κ1) is 12.4. The van der Waals surface area contributed by atoms with Crippen LogP contribution in [0.1, 0.15) is 19.3 Å². The molecule has 0 spiro atoms. The number of imide groups is 1. The molecule has 2 amide bonds. The molecule has 1 aliphatic heterocycles. The Balaban J connectivity index is 0. The second-order valence-corrected chi connectivity index (χ2v) is 1.82. The third-order valence-electron chi connectivity index (χ3n) is 1.09. The Morgan fingerprint density at radius 2 is 1.40 bits per heavy atom. The van der Waals surface area contributed by atoms with E-state index in [2.05, 4.69) is 5.32 Å². The van der Waals surface area contributed by atoms with Crippen LogP contribution < -0.4 is 5.32 Å². The van der Waals surface area contributed by atoms with E-state index in [4.69, 9.17) is 0 Å². The number of amides is 2. The van der Waals surface area contributed by atoms with Crippen molar-refractivity contribution >= 4 is 36.6 Å². The third kappa shape index (κ3) is 3.69. The molecule has 0 aromatic rings. The van der Waals surface area contributed by atoms with Crippen LogP contribution >= 0.6 is 24.8 Å². The fourth-order valence-corrected chi connectivity index (χ4v) is 0.690. The van der Waals surface area contributed by atoms with Gasteiger partial charge in [0.1, 0.15) is 0 Å². The van der Waals surface area contributed by atoms with E-state index < -0.39 is 0 Å². The molecular weight excluding hydrogens is 177 g/mol. The Morgan fingerprint density at radius 3 is 1.60 bits per heavy atom. The van der Waals surface area contributed by atoms with Crippen molar-refractivity contribution in [3.05, 3.63) is 0 Å².